The maximum absolute atomic E-state index is 5.87. The molecule has 3 heterocycles. The Hall–Kier alpha value is -2.21. The van der Waals surface area contributed by atoms with E-state index in [1.54, 1.807) is 19.4 Å². The highest BCUT2D eigenvalue weighted by Crippen LogP contribution is 2.19. The summed E-state index contributed by atoms with van der Waals surface area (Å²) in [7, 11) is 1.60. The minimum Gasteiger partial charge on any atom is -0.481 e. The van der Waals surface area contributed by atoms with Gasteiger partial charge in [0.2, 0.25) is 5.88 Å². The average molecular weight is 304 g/mol. The fourth-order valence-electron chi connectivity index (χ4n) is 2.16. The Balaban J connectivity index is 2.10. The number of halogens is 1. The molecular weight excluding hydrogens is 290 g/mol. The van der Waals surface area contributed by atoms with Gasteiger partial charge in [0.15, 0.2) is 5.65 Å². The van der Waals surface area contributed by atoms with Crippen molar-refractivity contribution in [3.63, 3.8) is 0 Å². The number of rotatable bonds is 5. The second-order valence-corrected chi connectivity index (χ2v) is 4.83. The zero-order valence-corrected chi connectivity index (χ0v) is 12.3. The molecule has 7 heteroatoms. The van der Waals surface area contributed by atoms with Crippen molar-refractivity contribution in [3.8, 4) is 5.88 Å². The fraction of sp³-hybridized carbons (Fsp3) is 0.286. The van der Waals surface area contributed by atoms with Gasteiger partial charge < -0.3 is 9.30 Å². The highest BCUT2D eigenvalue weighted by atomic mass is 35.5. The van der Waals surface area contributed by atoms with Gasteiger partial charge in [-0.2, -0.15) is 4.98 Å². The molecule has 0 radical (unpaired) electrons. The van der Waals surface area contributed by atoms with Crippen LogP contribution in [-0.4, -0.2) is 37.5 Å². The monoisotopic (exact) mass is 303 g/mol. The lowest BCUT2D eigenvalue weighted by atomic mass is 10.3. The van der Waals surface area contributed by atoms with E-state index in [-0.39, 0.29) is 0 Å². The van der Waals surface area contributed by atoms with Gasteiger partial charge in [0.1, 0.15) is 17.7 Å². The number of methoxy groups -OCH3 is 1. The lowest BCUT2D eigenvalue weighted by Crippen LogP contribution is -2.08. The lowest BCUT2D eigenvalue weighted by Gasteiger charge is -2.07. The minimum atomic E-state index is 0.504. The molecule has 21 heavy (non-hydrogen) atoms. The molecule has 108 valence electrons. The molecule has 0 saturated heterocycles. The van der Waals surface area contributed by atoms with E-state index in [2.05, 4.69) is 19.9 Å². The second kappa shape index (κ2) is 6.05. The highest BCUT2D eigenvalue weighted by molar-refractivity contribution is 6.17. The summed E-state index contributed by atoms with van der Waals surface area (Å²) in [6, 6.07) is 5.57. The van der Waals surface area contributed by atoms with Crippen molar-refractivity contribution >= 4 is 22.8 Å². The Morgan fingerprint density at radius 1 is 1.24 bits per heavy atom. The van der Waals surface area contributed by atoms with Crippen molar-refractivity contribution in [1.82, 2.24) is 24.5 Å². The topological polar surface area (TPSA) is 65.7 Å². The minimum absolute atomic E-state index is 0.504. The van der Waals surface area contributed by atoms with Gasteiger partial charge >= 0.3 is 0 Å². The molecule has 3 aromatic rings. The molecule has 6 nitrogen and oxygen atoms in total. The van der Waals surface area contributed by atoms with Gasteiger partial charge in [-0.05, 0) is 12.1 Å². The summed E-state index contributed by atoms with van der Waals surface area (Å²) in [4.78, 5) is 17.3. The molecule has 0 bridgehead atoms. The van der Waals surface area contributed by atoms with Crippen molar-refractivity contribution in [2.75, 3.05) is 13.0 Å². The van der Waals surface area contributed by atoms with Crippen molar-refractivity contribution in [3.05, 3.63) is 42.2 Å². The van der Waals surface area contributed by atoms with Crippen molar-refractivity contribution < 1.29 is 4.74 Å². The molecular formula is C14H14ClN5O. The van der Waals surface area contributed by atoms with E-state index < -0.39 is 0 Å². The van der Waals surface area contributed by atoms with E-state index >= 15 is 0 Å². The molecule has 0 N–H and O–H groups in total. The van der Waals surface area contributed by atoms with Crippen LogP contribution in [0, 0.1) is 0 Å². The van der Waals surface area contributed by atoms with Crippen molar-refractivity contribution in [1.29, 1.82) is 0 Å². The Bertz CT molecular complexity index is 744. The van der Waals surface area contributed by atoms with E-state index in [4.69, 9.17) is 16.3 Å². The highest BCUT2D eigenvalue weighted by Gasteiger charge is 2.13. The Morgan fingerprint density at radius 3 is 2.86 bits per heavy atom. The molecule has 0 aliphatic rings. The van der Waals surface area contributed by atoms with Gasteiger partial charge in [0, 0.05) is 24.6 Å². The van der Waals surface area contributed by atoms with Crippen LogP contribution >= 0.6 is 11.6 Å². The number of aromatic nitrogens is 5. The normalized spacial score (nSPS) is 11.0. The first-order chi connectivity index (χ1) is 10.3. The summed E-state index contributed by atoms with van der Waals surface area (Å²) in [5.74, 6) is 1.95. The van der Waals surface area contributed by atoms with Crippen LogP contribution in [0.25, 0.3) is 11.2 Å². The molecule has 0 aliphatic heterocycles. The van der Waals surface area contributed by atoms with Gasteiger partial charge in [-0.1, -0.05) is 0 Å². The number of ether oxygens (including phenoxy) is 1. The van der Waals surface area contributed by atoms with Crippen LogP contribution in [0.4, 0.5) is 0 Å². The zero-order chi connectivity index (χ0) is 14.7. The van der Waals surface area contributed by atoms with Crippen LogP contribution in [0.15, 0.2) is 30.7 Å². The lowest BCUT2D eigenvalue weighted by molar-refractivity contribution is 0.399. The van der Waals surface area contributed by atoms with Crippen LogP contribution in [0.3, 0.4) is 0 Å². The van der Waals surface area contributed by atoms with E-state index in [0.29, 0.717) is 24.7 Å². The molecule has 3 aromatic heterocycles. The summed E-state index contributed by atoms with van der Waals surface area (Å²) in [5, 5.41) is 0. The Morgan fingerprint density at radius 2 is 2.14 bits per heavy atom. The van der Waals surface area contributed by atoms with Crippen LogP contribution in [0.2, 0.25) is 0 Å². The molecule has 0 spiro atoms. The average Bonchev–Trinajstić information content (AvgIpc) is 2.86. The molecule has 0 aromatic carbocycles. The first kappa shape index (κ1) is 13.8. The first-order valence-electron chi connectivity index (χ1n) is 6.53. The quantitative estimate of drug-likeness (QED) is 0.675. The van der Waals surface area contributed by atoms with Gasteiger partial charge in [-0.15, -0.1) is 11.6 Å². The van der Waals surface area contributed by atoms with Gasteiger partial charge in [0.05, 0.1) is 19.3 Å². The van der Waals surface area contributed by atoms with Crippen LogP contribution in [0.5, 0.6) is 5.88 Å². The van der Waals surface area contributed by atoms with E-state index in [9.17, 15) is 0 Å². The number of pyridine rings is 1. The molecule has 3 rings (SSSR count). The SMILES string of the molecule is COc1ccc2nc(CCCl)n(Cc3ccncn3)c2n1. The summed E-state index contributed by atoms with van der Waals surface area (Å²) < 4.78 is 7.21. The van der Waals surface area contributed by atoms with Gasteiger partial charge in [0.25, 0.3) is 0 Å². The molecule has 0 amide bonds. The number of nitrogens with zero attached hydrogens (tertiary/aromatic N) is 5. The van der Waals surface area contributed by atoms with Crippen LogP contribution in [-0.2, 0) is 13.0 Å². The number of imidazole rings is 1. The number of hydrogen-bond donors (Lipinski definition) is 0. The first-order valence-corrected chi connectivity index (χ1v) is 7.06. The number of hydrogen-bond acceptors (Lipinski definition) is 5. The zero-order valence-electron chi connectivity index (χ0n) is 11.5. The summed E-state index contributed by atoms with van der Waals surface area (Å²) in [6.07, 6.45) is 3.92. The number of fused-ring (bicyclic) bond motifs is 1. The predicted molar refractivity (Wildman–Crippen MR) is 79.6 cm³/mol. The van der Waals surface area contributed by atoms with E-state index in [0.717, 1.165) is 22.7 Å². The fourth-order valence-corrected chi connectivity index (χ4v) is 2.33. The smallest absolute Gasteiger partial charge is 0.215 e. The van der Waals surface area contributed by atoms with E-state index in [1.807, 2.05) is 16.7 Å². The maximum atomic E-state index is 5.87. The standard InChI is InChI=1S/C14H14ClN5O/c1-21-13-3-2-11-14(19-13)20(12(18-11)4-6-15)8-10-5-7-16-9-17-10/h2-3,5,7,9H,4,6,8H2,1H3. The number of aryl methyl sites for hydroxylation is 1. The Kier molecular flexibility index (Phi) is 3.96. The summed E-state index contributed by atoms with van der Waals surface area (Å²) in [6.45, 7) is 0.575. The van der Waals surface area contributed by atoms with Crippen molar-refractivity contribution in [2.24, 2.45) is 0 Å². The molecule has 0 atom stereocenters. The third-order valence-electron chi connectivity index (χ3n) is 3.14. The van der Waals surface area contributed by atoms with Gasteiger partial charge in [-0.25, -0.2) is 15.0 Å². The Labute approximate surface area is 126 Å². The maximum Gasteiger partial charge on any atom is 0.215 e. The van der Waals surface area contributed by atoms with Gasteiger partial charge in [-0.3, -0.25) is 0 Å². The van der Waals surface area contributed by atoms with Crippen LogP contribution < -0.4 is 4.74 Å². The third-order valence-corrected chi connectivity index (χ3v) is 3.33. The summed E-state index contributed by atoms with van der Waals surface area (Å²) in [5.41, 5.74) is 2.49. The molecule has 0 saturated carbocycles. The van der Waals surface area contributed by atoms with Crippen molar-refractivity contribution in [2.45, 2.75) is 13.0 Å². The largest absolute Gasteiger partial charge is 0.481 e. The number of alkyl halides is 1. The second-order valence-electron chi connectivity index (χ2n) is 4.45. The predicted octanol–water partition coefficient (Wildman–Crippen LogP) is 2.06. The molecule has 0 aliphatic carbocycles. The molecule has 0 fully saturated rings. The van der Waals surface area contributed by atoms with E-state index in [1.165, 1.54) is 6.33 Å². The molecule has 0 unspecified atom stereocenters. The third kappa shape index (κ3) is 2.80. The van der Waals surface area contributed by atoms with Crippen LogP contribution in [0.1, 0.15) is 11.5 Å². The summed E-state index contributed by atoms with van der Waals surface area (Å²) >= 11 is 5.87.